The molecule has 0 saturated carbocycles. The van der Waals surface area contributed by atoms with E-state index in [9.17, 15) is 9.90 Å². The molecule has 1 atom stereocenters. The van der Waals surface area contributed by atoms with E-state index in [0.29, 0.717) is 6.42 Å². The van der Waals surface area contributed by atoms with Gasteiger partial charge in [-0.2, -0.15) is 0 Å². The maximum absolute atomic E-state index is 12.3. The quantitative estimate of drug-likeness (QED) is 0.601. The van der Waals surface area contributed by atoms with Gasteiger partial charge < -0.3 is 10.0 Å². The Balaban J connectivity index is 1.74. The molecule has 3 nitrogen and oxygen atoms in total. The highest BCUT2D eigenvalue weighted by Gasteiger charge is 2.16. The van der Waals surface area contributed by atoms with Crippen LogP contribution in [0.15, 0.2) is 59.5 Å². The summed E-state index contributed by atoms with van der Waals surface area (Å²) in [6.45, 7) is 2.05. The summed E-state index contributed by atoms with van der Waals surface area (Å²) in [6, 6.07) is 17.3. The Morgan fingerprint density at radius 1 is 1.13 bits per heavy atom. The number of phenolic OH excluding ortho intramolecular Hbond substituents is 1. The van der Waals surface area contributed by atoms with Crippen molar-refractivity contribution in [2.75, 3.05) is 12.8 Å². The number of carbonyl (C=O) groups excluding carboxylic acids is 1. The maximum atomic E-state index is 12.3. The van der Waals surface area contributed by atoms with Crippen molar-refractivity contribution in [3.8, 4) is 5.75 Å². The van der Waals surface area contributed by atoms with Crippen molar-refractivity contribution in [2.24, 2.45) is 0 Å². The maximum Gasteiger partial charge on any atom is 0.222 e. The van der Waals surface area contributed by atoms with Crippen molar-refractivity contribution in [1.29, 1.82) is 0 Å². The van der Waals surface area contributed by atoms with E-state index in [2.05, 4.69) is 19.1 Å². The normalized spacial score (nSPS) is 11.9. The van der Waals surface area contributed by atoms with Crippen molar-refractivity contribution < 1.29 is 9.90 Å². The molecule has 23 heavy (non-hydrogen) atoms. The minimum Gasteiger partial charge on any atom is -0.508 e. The van der Waals surface area contributed by atoms with Crippen LogP contribution in [0.25, 0.3) is 0 Å². The first-order valence-corrected chi connectivity index (χ1v) is 8.79. The predicted octanol–water partition coefficient (Wildman–Crippen LogP) is 4.48. The fourth-order valence-corrected chi connectivity index (χ4v) is 3.16. The molecule has 0 aliphatic rings. The standard InChI is InChI=1S/C19H23NO2S/c1-15(16-7-4-3-5-8-16)20(2)19(22)9-6-14-23-18-12-10-17(21)11-13-18/h3-5,7-8,10-13,15,21H,6,9,14H2,1-2H3/t15-/m0/s1. The van der Waals surface area contributed by atoms with Gasteiger partial charge in [0.2, 0.25) is 5.91 Å². The van der Waals surface area contributed by atoms with Gasteiger partial charge in [-0.1, -0.05) is 30.3 Å². The van der Waals surface area contributed by atoms with E-state index in [1.807, 2.05) is 42.3 Å². The molecule has 2 rings (SSSR count). The van der Waals surface area contributed by atoms with Crippen LogP contribution in [-0.2, 0) is 4.79 Å². The number of phenols is 1. The van der Waals surface area contributed by atoms with Crippen LogP contribution in [0.5, 0.6) is 5.75 Å². The molecule has 0 bridgehead atoms. The molecular formula is C19H23NO2S. The lowest BCUT2D eigenvalue weighted by Gasteiger charge is -2.25. The van der Waals surface area contributed by atoms with Gasteiger partial charge in [-0.15, -0.1) is 11.8 Å². The Morgan fingerprint density at radius 2 is 1.78 bits per heavy atom. The van der Waals surface area contributed by atoms with Gasteiger partial charge >= 0.3 is 0 Å². The zero-order valence-electron chi connectivity index (χ0n) is 13.6. The van der Waals surface area contributed by atoms with E-state index in [0.717, 1.165) is 22.6 Å². The molecule has 0 aliphatic heterocycles. The van der Waals surface area contributed by atoms with Gasteiger partial charge in [-0.25, -0.2) is 0 Å². The highest BCUT2D eigenvalue weighted by atomic mass is 32.2. The second kappa shape index (κ2) is 8.63. The number of hydrogen-bond acceptors (Lipinski definition) is 3. The summed E-state index contributed by atoms with van der Waals surface area (Å²) < 4.78 is 0. The van der Waals surface area contributed by atoms with Crippen molar-refractivity contribution in [3.05, 3.63) is 60.2 Å². The predicted molar refractivity (Wildman–Crippen MR) is 95.7 cm³/mol. The van der Waals surface area contributed by atoms with Crippen LogP contribution in [0, 0.1) is 0 Å². The Bertz CT molecular complexity index is 613. The third-order valence-corrected chi connectivity index (χ3v) is 5.00. The topological polar surface area (TPSA) is 40.5 Å². The zero-order valence-corrected chi connectivity index (χ0v) is 14.4. The summed E-state index contributed by atoms with van der Waals surface area (Å²) in [4.78, 5) is 15.2. The van der Waals surface area contributed by atoms with E-state index in [4.69, 9.17) is 0 Å². The number of aromatic hydroxyl groups is 1. The summed E-state index contributed by atoms with van der Waals surface area (Å²) in [6.07, 6.45) is 1.40. The second-order valence-corrected chi connectivity index (χ2v) is 6.71. The van der Waals surface area contributed by atoms with Gasteiger partial charge in [0.05, 0.1) is 6.04 Å². The summed E-state index contributed by atoms with van der Waals surface area (Å²) >= 11 is 1.71. The van der Waals surface area contributed by atoms with Crippen LogP contribution in [0.2, 0.25) is 0 Å². The van der Waals surface area contributed by atoms with Gasteiger partial charge in [0.25, 0.3) is 0 Å². The molecule has 2 aromatic carbocycles. The number of hydrogen-bond donors (Lipinski definition) is 1. The summed E-state index contributed by atoms with van der Waals surface area (Å²) in [5, 5.41) is 9.25. The van der Waals surface area contributed by atoms with E-state index in [1.54, 1.807) is 23.9 Å². The smallest absolute Gasteiger partial charge is 0.222 e. The fourth-order valence-electron chi connectivity index (χ4n) is 2.30. The average molecular weight is 329 g/mol. The van der Waals surface area contributed by atoms with E-state index < -0.39 is 0 Å². The summed E-state index contributed by atoms with van der Waals surface area (Å²) in [5.74, 6) is 1.35. The number of rotatable bonds is 7. The highest BCUT2D eigenvalue weighted by molar-refractivity contribution is 7.99. The summed E-state index contributed by atoms with van der Waals surface area (Å²) in [5.41, 5.74) is 1.15. The summed E-state index contributed by atoms with van der Waals surface area (Å²) in [7, 11) is 1.87. The number of amides is 1. The third kappa shape index (κ3) is 5.32. The Kier molecular flexibility index (Phi) is 6.53. The first-order valence-electron chi connectivity index (χ1n) is 7.80. The van der Waals surface area contributed by atoms with Crippen molar-refractivity contribution >= 4 is 17.7 Å². The Labute approximate surface area is 142 Å². The molecule has 0 spiro atoms. The van der Waals surface area contributed by atoms with Gasteiger partial charge in [0.1, 0.15) is 5.75 Å². The van der Waals surface area contributed by atoms with Gasteiger partial charge in [-0.05, 0) is 48.9 Å². The monoisotopic (exact) mass is 329 g/mol. The number of thioether (sulfide) groups is 1. The lowest BCUT2D eigenvalue weighted by Crippen LogP contribution is -2.29. The van der Waals surface area contributed by atoms with Crippen molar-refractivity contribution in [3.63, 3.8) is 0 Å². The highest BCUT2D eigenvalue weighted by Crippen LogP contribution is 2.23. The molecule has 1 amide bonds. The largest absolute Gasteiger partial charge is 0.508 e. The van der Waals surface area contributed by atoms with E-state index >= 15 is 0 Å². The molecule has 0 aromatic heterocycles. The molecule has 0 aliphatic carbocycles. The van der Waals surface area contributed by atoms with Crippen LogP contribution in [0.1, 0.15) is 31.4 Å². The lowest BCUT2D eigenvalue weighted by molar-refractivity contribution is -0.131. The minimum atomic E-state index is 0.0912. The van der Waals surface area contributed by atoms with Crippen LogP contribution in [0.3, 0.4) is 0 Å². The molecule has 4 heteroatoms. The molecular weight excluding hydrogens is 306 g/mol. The Hall–Kier alpha value is -1.94. The van der Waals surface area contributed by atoms with E-state index in [1.165, 1.54) is 0 Å². The number of nitrogens with zero attached hydrogens (tertiary/aromatic N) is 1. The van der Waals surface area contributed by atoms with E-state index in [-0.39, 0.29) is 17.7 Å². The second-order valence-electron chi connectivity index (χ2n) is 5.54. The minimum absolute atomic E-state index is 0.0912. The third-order valence-electron chi connectivity index (χ3n) is 3.90. The van der Waals surface area contributed by atoms with Gasteiger partial charge in [0, 0.05) is 18.4 Å². The Morgan fingerprint density at radius 3 is 2.43 bits per heavy atom. The SMILES string of the molecule is C[C@@H](c1ccccc1)N(C)C(=O)CCCSc1ccc(O)cc1. The lowest BCUT2D eigenvalue weighted by atomic mass is 10.1. The molecule has 0 heterocycles. The molecule has 0 saturated heterocycles. The number of benzene rings is 2. The molecule has 1 N–H and O–H groups in total. The van der Waals surface area contributed by atoms with Crippen LogP contribution in [-0.4, -0.2) is 28.7 Å². The molecule has 0 fully saturated rings. The van der Waals surface area contributed by atoms with Crippen molar-refractivity contribution in [1.82, 2.24) is 4.90 Å². The van der Waals surface area contributed by atoms with Gasteiger partial charge in [-0.3, -0.25) is 4.79 Å². The van der Waals surface area contributed by atoms with Crippen LogP contribution in [0.4, 0.5) is 0 Å². The zero-order chi connectivity index (χ0) is 16.7. The first-order chi connectivity index (χ1) is 11.1. The average Bonchev–Trinajstić information content (AvgIpc) is 2.59. The first kappa shape index (κ1) is 17.4. The molecule has 0 unspecified atom stereocenters. The molecule has 122 valence electrons. The molecule has 2 aromatic rings. The fraction of sp³-hybridized carbons (Fsp3) is 0.316. The number of carbonyl (C=O) groups is 1. The van der Waals surface area contributed by atoms with Crippen LogP contribution < -0.4 is 0 Å². The molecule has 0 radical (unpaired) electrons. The van der Waals surface area contributed by atoms with Crippen LogP contribution >= 0.6 is 11.8 Å². The van der Waals surface area contributed by atoms with Crippen molar-refractivity contribution in [2.45, 2.75) is 30.7 Å². The van der Waals surface area contributed by atoms with Gasteiger partial charge in [0.15, 0.2) is 0 Å².